The van der Waals surface area contributed by atoms with E-state index in [0.29, 0.717) is 12.3 Å². The molecular weight excluding hydrogens is 358 g/mol. The van der Waals surface area contributed by atoms with Gasteiger partial charge in [0.25, 0.3) is 5.91 Å². The molecule has 0 spiro atoms. The average molecular weight is 379 g/mol. The summed E-state index contributed by atoms with van der Waals surface area (Å²) < 4.78 is 20.7. The van der Waals surface area contributed by atoms with Gasteiger partial charge < -0.3 is 24.3 Å². The molecule has 0 aliphatic carbocycles. The first-order valence-corrected chi connectivity index (χ1v) is 8.73. The molecule has 0 saturated carbocycles. The van der Waals surface area contributed by atoms with Crippen LogP contribution in [-0.2, 0) is 16.0 Å². The number of ether oxygens (including phenoxy) is 4. The topological polar surface area (TPSA) is 83.1 Å². The van der Waals surface area contributed by atoms with Crippen molar-refractivity contribution < 1.29 is 28.5 Å². The monoisotopic (exact) mass is 379 g/mol. The summed E-state index contributed by atoms with van der Waals surface area (Å²) in [6.07, 6.45) is 0.737. The van der Waals surface area contributed by atoms with Crippen molar-refractivity contribution in [1.29, 1.82) is 0 Å². The zero-order valence-electron chi connectivity index (χ0n) is 14.9. The number of thiophene rings is 1. The number of esters is 1. The van der Waals surface area contributed by atoms with Gasteiger partial charge >= 0.3 is 5.97 Å². The molecule has 0 atom stereocenters. The van der Waals surface area contributed by atoms with Crippen molar-refractivity contribution >= 4 is 23.2 Å². The predicted octanol–water partition coefficient (Wildman–Crippen LogP) is 2.29. The standard InChI is InChI=1S/C18H21NO6S/c1-22-14-7-6-13(16(23-2)17(14)24-3)18(21)25-11-15(20)19-9-8-12-5-4-10-26-12/h4-7,10H,8-9,11H2,1-3H3,(H,19,20). The van der Waals surface area contributed by atoms with Crippen LogP contribution >= 0.6 is 11.3 Å². The highest BCUT2D eigenvalue weighted by molar-refractivity contribution is 7.09. The van der Waals surface area contributed by atoms with Gasteiger partial charge in [0.15, 0.2) is 18.1 Å². The Morgan fingerprint density at radius 2 is 1.81 bits per heavy atom. The molecule has 1 heterocycles. The quantitative estimate of drug-likeness (QED) is 0.673. The van der Waals surface area contributed by atoms with E-state index >= 15 is 0 Å². The van der Waals surface area contributed by atoms with Crippen LogP contribution in [0.5, 0.6) is 17.2 Å². The second-order valence-corrected chi connectivity index (χ2v) is 6.17. The molecule has 1 amide bonds. The number of hydrogen-bond donors (Lipinski definition) is 1. The van der Waals surface area contributed by atoms with E-state index in [4.69, 9.17) is 18.9 Å². The minimum atomic E-state index is -0.684. The first-order chi connectivity index (χ1) is 12.6. The molecule has 7 nitrogen and oxygen atoms in total. The Kier molecular flexibility index (Phi) is 7.28. The van der Waals surface area contributed by atoms with E-state index in [9.17, 15) is 9.59 Å². The highest BCUT2D eigenvalue weighted by Gasteiger charge is 2.22. The molecule has 1 N–H and O–H groups in total. The first kappa shape index (κ1) is 19.6. The van der Waals surface area contributed by atoms with E-state index < -0.39 is 5.97 Å². The summed E-state index contributed by atoms with van der Waals surface area (Å²) in [5.74, 6) is -0.155. The zero-order valence-corrected chi connectivity index (χ0v) is 15.7. The third-order valence-electron chi connectivity index (χ3n) is 3.53. The van der Waals surface area contributed by atoms with Gasteiger partial charge in [-0.15, -0.1) is 11.3 Å². The summed E-state index contributed by atoms with van der Waals surface area (Å²) in [7, 11) is 4.33. The van der Waals surface area contributed by atoms with Crippen LogP contribution in [-0.4, -0.2) is 46.4 Å². The van der Waals surface area contributed by atoms with Crippen LogP contribution in [0.25, 0.3) is 0 Å². The number of hydrogen-bond acceptors (Lipinski definition) is 7. The molecule has 0 aliphatic heterocycles. The Hall–Kier alpha value is -2.74. The highest BCUT2D eigenvalue weighted by Crippen LogP contribution is 2.39. The lowest BCUT2D eigenvalue weighted by molar-refractivity contribution is -0.124. The summed E-state index contributed by atoms with van der Waals surface area (Å²) in [5, 5.41) is 4.69. The van der Waals surface area contributed by atoms with Gasteiger partial charge in [0.2, 0.25) is 5.75 Å². The summed E-state index contributed by atoms with van der Waals surface area (Å²) in [6, 6.07) is 7.02. The number of rotatable bonds is 9. The van der Waals surface area contributed by atoms with Gasteiger partial charge in [0.05, 0.1) is 21.3 Å². The molecule has 140 valence electrons. The number of carbonyl (C=O) groups is 2. The maximum absolute atomic E-state index is 12.3. The van der Waals surface area contributed by atoms with E-state index in [1.165, 1.54) is 32.3 Å². The fourth-order valence-corrected chi connectivity index (χ4v) is 3.01. The summed E-state index contributed by atoms with van der Waals surface area (Å²) in [5.41, 5.74) is 0.150. The van der Waals surface area contributed by atoms with Gasteiger partial charge in [-0.05, 0) is 30.0 Å². The van der Waals surface area contributed by atoms with E-state index in [1.807, 2.05) is 17.5 Å². The van der Waals surface area contributed by atoms with E-state index in [2.05, 4.69) is 5.32 Å². The third-order valence-corrected chi connectivity index (χ3v) is 4.47. The van der Waals surface area contributed by atoms with Gasteiger partial charge in [-0.1, -0.05) is 6.07 Å². The minimum absolute atomic E-state index is 0.150. The fourth-order valence-electron chi connectivity index (χ4n) is 2.30. The molecule has 1 aromatic heterocycles. The smallest absolute Gasteiger partial charge is 0.342 e. The normalized spacial score (nSPS) is 10.1. The second kappa shape index (κ2) is 9.67. The second-order valence-electron chi connectivity index (χ2n) is 5.14. The number of nitrogens with one attached hydrogen (secondary N) is 1. The molecule has 0 saturated heterocycles. The molecule has 0 radical (unpaired) electrons. The van der Waals surface area contributed by atoms with Crippen LogP contribution in [0, 0.1) is 0 Å². The van der Waals surface area contributed by atoms with Crippen molar-refractivity contribution in [2.75, 3.05) is 34.5 Å². The van der Waals surface area contributed by atoms with Crippen molar-refractivity contribution in [3.63, 3.8) is 0 Å². The molecule has 0 fully saturated rings. The van der Waals surface area contributed by atoms with E-state index in [0.717, 1.165) is 6.42 Å². The molecule has 2 aromatic rings. The van der Waals surface area contributed by atoms with Crippen LogP contribution in [0.15, 0.2) is 29.6 Å². The molecule has 2 rings (SSSR count). The average Bonchev–Trinajstić information content (AvgIpc) is 3.18. The van der Waals surface area contributed by atoms with Crippen LogP contribution < -0.4 is 19.5 Å². The minimum Gasteiger partial charge on any atom is -0.493 e. The summed E-state index contributed by atoms with van der Waals surface area (Å²) in [6.45, 7) is 0.108. The van der Waals surface area contributed by atoms with Gasteiger partial charge in [0, 0.05) is 11.4 Å². The molecule has 26 heavy (non-hydrogen) atoms. The molecule has 1 aromatic carbocycles. The van der Waals surface area contributed by atoms with Crippen LogP contribution in [0.3, 0.4) is 0 Å². The molecule has 0 bridgehead atoms. The Labute approximate surface area is 155 Å². The predicted molar refractivity (Wildman–Crippen MR) is 97.4 cm³/mol. The Bertz CT molecular complexity index is 744. The molecular formula is C18H21NO6S. The van der Waals surface area contributed by atoms with E-state index in [1.54, 1.807) is 17.4 Å². The zero-order chi connectivity index (χ0) is 18.9. The molecule has 0 unspecified atom stereocenters. The highest BCUT2D eigenvalue weighted by atomic mass is 32.1. The molecule has 8 heteroatoms. The molecule has 0 aliphatic rings. The number of benzene rings is 1. The number of carbonyl (C=O) groups excluding carboxylic acids is 2. The Balaban J connectivity index is 1.91. The van der Waals surface area contributed by atoms with Crippen molar-refractivity contribution in [2.24, 2.45) is 0 Å². The maximum Gasteiger partial charge on any atom is 0.342 e. The number of methoxy groups -OCH3 is 3. The maximum atomic E-state index is 12.3. The lowest BCUT2D eigenvalue weighted by Gasteiger charge is -2.15. The number of amides is 1. The van der Waals surface area contributed by atoms with Gasteiger partial charge in [-0.2, -0.15) is 0 Å². The SMILES string of the molecule is COc1ccc(C(=O)OCC(=O)NCCc2cccs2)c(OC)c1OC. The van der Waals surface area contributed by atoms with E-state index in [-0.39, 0.29) is 29.6 Å². The lowest BCUT2D eigenvalue weighted by atomic mass is 10.1. The van der Waals surface area contributed by atoms with Crippen molar-refractivity contribution in [1.82, 2.24) is 5.32 Å². The largest absolute Gasteiger partial charge is 0.493 e. The van der Waals surface area contributed by atoms with Gasteiger partial charge in [-0.3, -0.25) is 4.79 Å². The van der Waals surface area contributed by atoms with Gasteiger partial charge in [-0.25, -0.2) is 4.79 Å². The van der Waals surface area contributed by atoms with Crippen molar-refractivity contribution in [2.45, 2.75) is 6.42 Å². The third kappa shape index (κ3) is 4.89. The van der Waals surface area contributed by atoms with Gasteiger partial charge in [0.1, 0.15) is 5.56 Å². The van der Waals surface area contributed by atoms with Crippen LogP contribution in [0.4, 0.5) is 0 Å². The first-order valence-electron chi connectivity index (χ1n) is 7.85. The Morgan fingerprint density at radius 1 is 1.04 bits per heavy atom. The summed E-state index contributed by atoms with van der Waals surface area (Å²) in [4.78, 5) is 25.3. The van der Waals surface area contributed by atoms with Crippen molar-refractivity contribution in [3.05, 3.63) is 40.1 Å². The Morgan fingerprint density at radius 3 is 2.42 bits per heavy atom. The lowest BCUT2D eigenvalue weighted by Crippen LogP contribution is -2.30. The van der Waals surface area contributed by atoms with Crippen molar-refractivity contribution in [3.8, 4) is 17.2 Å². The summed E-state index contributed by atoms with van der Waals surface area (Å²) >= 11 is 1.63. The van der Waals surface area contributed by atoms with Crippen LogP contribution in [0.1, 0.15) is 15.2 Å². The van der Waals surface area contributed by atoms with Crippen LogP contribution in [0.2, 0.25) is 0 Å². The fraction of sp³-hybridized carbons (Fsp3) is 0.333.